The van der Waals surface area contributed by atoms with Gasteiger partial charge in [-0.05, 0) is 24.6 Å². The summed E-state index contributed by atoms with van der Waals surface area (Å²) >= 11 is 6.16. The Balaban J connectivity index is 2.12. The van der Waals surface area contributed by atoms with Gasteiger partial charge in [0.05, 0.1) is 10.7 Å². The van der Waals surface area contributed by atoms with Crippen LogP contribution in [0.3, 0.4) is 0 Å². The molecular weight excluding hydrogens is 294 g/mol. The van der Waals surface area contributed by atoms with Gasteiger partial charge >= 0.3 is 5.97 Å². The van der Waals surface area contributed by atoms with Gasteiger partial charge < -0.3 is 10.4 Å². The average Bonchev–Trinajstić information content (AvgIpc) is 2.92. The Morgan fingerprint density at radius 3 is 2.76 bits per heavy atom. The summed E-state index contributed by atoms with van der Waals surface area (Å²) in [6, 6.07) is 6.90. The number of nitrogens with one attached hydrogen (secondary N) is 1. The summed E-state index contributed by atoms with van der Waals surface area (Å²) in [6.07, 6.45) is 3.73. The molecule has 110 valence electrons. The van der Waals surface area contributed by atoms with E-state index in [0.29, 0.717) is 22.8 Å². The smallest absolute Gasteiger partial charge is 0.303 e. The lowest BCUT2D eigenvalue weighted by Crippen LogP contribution is -2.14. The Labute approximate surface area is 126 Å². The van der Waals surface area contributed by atoms with Gasteiger partial charge in [-0.3, -0.25) is 9.59 Å². The molecule has 21 heavy (non-hydrogen) atoms. The molecule has 1 amide bonds. The van der Waals surface area contributed by atoms with Crippen LogP contribution >= 0.6 is 11.6 Å². The molecule has 0 unspecified atom stereocenters. The van der Waals surface area contributed by atoms with E-state index in [4.69, 9.17) is 16.7 Å². The SMILES string of the molecule is O=C(O)CCCC(=O)Nc1cccc(Cl)c1-n1cccn1. The number of anilines is 1. The number of hydrogen-bond acceptors (Lipinski definition) is 3. The number of hydrogen-bond donors (Lipinski definition) is 2. The van der Waals surface area contributed by atoms with Gasteiger partial charge in [0.15, 0.2) is 0 Å². The van der Waals surface area contributed by atoms with E-state index in [2.05, 4.69) is 10.4 Å². The Morgan fingerprint density at radius 1 is 1.29 bits per heavy atom. The van der Waals surface area contributed by atoms with Crippen LogP contribution in [0.4, 0.5) is 5.69 Å². The lowest BCUT2D eigenvalue weighted by Gasteiger charge is -2.12. The van der Waals surface area contributed by atoms with Gasteiger partial charge in [-0.25, -0.2) is 4.68 Å². The highest BCUT2D eigenvalue weighted by molar-refractivity contribution is 6.33. The van der Waals surface area contributed by atoms with Gasteiger partial charge in [0.2, 0.25) is 5.91 Å². The first-order chi connectivity index (χ1) is 10.1. The Morgan fingerprint density at radius 2 is 2.10 bits per heavy atom. The van der Waals surface area contributed by atoms with Crippen LogP contribution in [0.2, 0.25) is 5.02 Å². The zero-order valence-electron chi connectivity index (χ0n) is 11.1. The van der Waals surface area contributed by atoms with Crippen molar-refractivity contribution < 1.29 is 14.7 Å². The van der Waals surface area contributed by atoms with Crippen molar-refractivity contribution in [3.63, 3.8) is 0 Å². The van der Waals surface area contributed by atoms with Crippen molar-refractivity contribution in [1.82, 2.24) is 9.78 Å². The summed E-state index contributed by atoms with van der Waals surface area (Å²) in [4.78, 5) is 22.3. The summed E-state index contributed by atoms with van der Waals surface area (Å²) in [6.45, 7) is 0. The molecule has 0 fully saturated rings. The minimum absolute atomic E-state index is 0.0328. The van der Waals surface area contributed by atoms with Crippen LogP contribution in [-0.2, 0) is 9.59 Å². The third-order valence-corrected chi connectivity index (χ3v) is 3.09. The number of carbonyl (C=O) groups excluding carboxylic acids is 1. The number of benzene rings is 1. The highest BCUT2D eigenvalue weighted by Gasteiger charge is 2.12. The van der Waals surface area contributed by atoms with E-state index in [1.165, 1.54) is 0 Å². The van der Waals surface area contributed by atoms with Crippen LogP contribution in [0.25, 0.3) is 5.69 Å². The van der Waals surface area contributed by atoms with Crippen molar-refractivity contribution in [3.05, 3.63) is 41.7 Å². The molecular formula is C14H14ClN3O3. The van der Waals surface area contributed by atoms with Crippen LogP contribution < -0.4 is 5.32 Å². The molecule has 0 atom stereocenters. The monoisotopic (exact) mass is 307 g/mol. The number of carboxylic acid groups (broad SMARTS) is 1. The number of halogens is 1. The van der Waals surface area contributed by atoms with Gasteiger partial charge in [-0.1, -0.05) is 17.7 Å². The minimum Gasteiger partial charge on any atom is -0.481 e. The maximum absolute atomic E-state index is 11.9. The maximum atomic E-state index is 11.9. The van der Waals surface area contributed by atoms with Gasteiger partial charge in [-0.2, -0.15) is 5.10 Å². The standard InChI is InChI=1S/C14H14ClN3O3/c15-10-4-1-5-11(14(10)18-9-3-8-16-18)17-12(19)6-2-7-13(20)21/h1,3-5,8-9H,2,6-7H2,(H,17,19)(H,20,21). The fourth-order valence-corrected chi connectivity index (χ4v) is 2.12. The Kier molecular flexibility index (Phi) is 4.94. The van der Waals surface area contributed by atoms with Gasteiger partial charge in [0, 0.05) is 25.2 Å². The molecule has 0 saturated carbocycles. The molecule has 1 heterocycles. The first kappa shape index (κ1) is 15.1. The molecule has 0 aliphatic heterocycles. The van der Waals surface area contributed by atoms with E-state index >= 15 is 0 Å². The second kappa shape index (κ2) is 6.90. The normalized spacial score (nSPS) is 10.3. The van der Waals surface area contributed by atoms with E-state index in [9.17, 15) is 9.59 Å². The molecule has 1 aromatic carbocycles. The summed E-state index contributed by atoms with van der Waals surface area (Å²) < 4.78 is 1.56. The van der Waals surface area contributed by atoms with Crippen molar-refractivity contribution >= 4 is 29.2 Å². The van der Waals surface area contributed by atoms with Gasteiger partial charge in [-0.15, -0.1) is 0 Å². The van der Waals surface area contributed by atoms with Crippen LogP contribution in [0.15, 0.2) is 36.7 Å². The third-order valence-electron chi connectivity index (χ3n) is 2.79. The van der Waals surface area contributed by atoms with E-state index in [1.807, 2.05) is 0 Å². The summed E-state index contributed by atoms with van der Waals surface area (Å²) in [5.41, 5.74) is 1.11. The quantitative estimate of drug-likeness (QED) is 0.859. The predicted molar refractivity (Wildman–Crippen MR) is 78.7 cm³/mol. The molecule has 2 N–H and O–H groups in total. The van der Waals surface area contributed by atoms with E-state index in [1.54, 1.807) is 41.3 Å². The van der Waals surface area contributed by atoms with Crippen molar-refractivity contribution in [2.24, 2.45) is 0 Å². The van der Waals surface area contributed by atoms with Crippen LogP contribution in [0.1, 0.15) is 19.3 Å². The number of carboxylic acids is 1. The van der Waals surface area contributed by atoms with Gasteiger partial charge in [0.1, 0.15) is 5.69 Å². The number of rotatable bonds is 6. The van der Waals surface area contributed by atoms with Crippen LogP contribution in [-0.4, -0.2) is 26.8 Å². The molecule has 0 aliphatic rings. The molecule has 0 spiro atoms. The summed E-state index contributed by atoms with van der Waals surface area (Å²) in [5, 5.41) is 15.9. The first-order valence-corrected chi connectivity index (χ1v) is 6.76. The lowest BCUT2D eigenvalue weighted by atomic mass is 10.2. The zero-order chi connectivity index (χ0) is 15.2. The van der Waals surface area contributed by atoms with E-state index in [0.717, 1.165) is 0 Å². The highest BCUT2D eigenvalue weighted by Crippen LogP contribution is 2.28. The number of aromatic nitrogens is 2. The van der Waals surface area contributed by atoms with Crippen LogP contribution in [0.5, 0.6) is 0 Å². The molecule has 1 aromatic heterocycles. The minimum atomic E-state index is -0.914. The Bertz CT molecular complexity index is 641. The van der Waals surface area contributed by atoms with Crippen LogP contribution in [0, 0.1) is 0 Å². The number of nitrogens with zero attached hydrogens (tertiary/aromatic N) is 2. The number of carbonyl (C=O) groups is 2. The average molecular weight is 308 g/mol. The number of aliphatic carboxylic acids is 1. The topological polar surface area (TPSA) is 84.2 Å². The molecule has 0 aliphatic carbocycles. The second-order valence-electron chi connectivity index (χ2n) is 4.38. The second-order valence-corrected chi connectivity index (χ2v) is 4.79. The summed E-state index contributed by atoms with van der Waals surface area (Å²) in [5.74, 6) is -1.17. The van der Waals surface area contributed by atoms with Gasteiger partial charge in [0.25, 0.3) is 0 Å². The fourth-order valence-electron chi connectivity index (χ4n) is 1.86. The third kappa shape index (κ3) is 4.06. The molecule has 0 radical (unpaired) electrons. The molecule has 2 rings (SSSR count). The lowest BCUT2D eigenvalue weighted by molar-refractivity contribution is -0.137. The van der Waals surface area contributed by atoms with Crippen molar-refractivity contribution in [1.29, 1.82) is 0 Å². The number of para-hydroxylation sites is 1. The first-order valence-electron chi connectivity index (χ1n) is 6.38. The molecule has 0 saturated heterocycles. The maximum Gasteiger partial charge on any atom is 0.303 e. The summed E-state index contributed by atoms with van der Waals surface area (Å²) in [7, 11) is 0. The molecule has 6 nitrogen and oxygen atoms in total. The molecule has 7 heteroatoms. The predicted octanol–water partition coefficient (Wildman–Crippen LogP) is 2.72. The highest BCUT2D eigenvalue weighted by atomic mass is 35.5. The molecule has 0 bridgehead atoms. The van der Waals surface area contributed by atoms with Crippen molar-refractivity contribution in [3.8, 4) is 5.69 Å². The van der Waals surface area contributed by atoms with Crippen molar-refractivity contribution in [2.75, 3.05) is 5.32 Å². The fraction of sp³-hybridized carbons (Fsp3) is 0.214. The van der Waals surface area contributed by atoms with Crippen molar-refractivity contribution in [2.45, 2.75) is 19.3 Å². The zero-order valence-corrected chi connectivity index (χ0v) is 11.9. The number of amides is 1. The van der Waals surface area contributed by atoms with E-state index < -0.39 is 5.97 Å². The van der Waals surface area contributed by atoms with E-state index in [-0.39, 0.29) is 18.7 Å². The Hall–Kier alpha value is -2.34. The largest absolute Gasteiger partial charge is 0.481 e. The molecule has 2 aromatic rings.